The van der Waals surface area contributed by atoms with Crippen LogP contribution in [0, 0.1) is 6.92 Å². The molecule has 0 aliphatic heterocycles. The van der Waals surface area contributed by atoms with Crippen LogP contribution >= 0.6 is 11.8 Å². The van der Waals surface area contributed by atoms with Crippen molar-refractivity contribution in [3.63, 3.8) is 0 Å². The Morgan fingerprint density at radius 3 is 2.36 bits per heavy atom. The highest BCUT2D eigenvalue weighted by molar-refractivity contribution is 8.00. The van der Waals surface area contributed by atoms with Crippen molar-refractivity contribution in [1.82, 2.24) is 19.7 Å². The van der Waals surface area contributed by atoms with Crippen LogP contribution in [0.4, 0.5) is 5.69 Å². The van der Waals surface area contributed by atoms with E-state index in [1.165, 1.54) is 18.7 Å². The second-order valence-corrected chi connectivity index (χ2v) is 8.91. The zero-order valence-electron chi connectivity index (χ0n) is 18.5. The fourth-order valence-electron chi connectivity index (χ4n) is 3.20. The molecule has 7 nitrogen and oxygen atoms in total. The average Bonchev–Trinajstić information content (AvgIpc) is 3.24. The molecule has 166 valence electrons. The molecule has 0 saturated carbocycles. The molecule has 8 heteroatoms. The summed E-state index contributed by atoms with van der Waals surface area (Å²) in [5, 5.41) is 11.8. The van der Waals surface area contributed by atoms with E-state index >= 15 is 0 Å². The number of hydrogen-bond acceptors (Lipinski definition) is 6. The van der Waals surface area contributed by atoms with E-state index in [-0.39, 0.29) is 11.7 Å². The number of anilines is 1. The zero-order chi connectivity index (χ0) is 23.4. The molecular weight excluding hydrogens is 434 g/mol. The number of rotatable bonds is 7. The number of nitrogens with one attached hydrogen (secondary N) is 1. The summed E-state index contributed by atoms with van der Waals surface area (Å²) in [6.45, 7) is 5.36. The molecule has 0 unspecified atom stereocenters. The summed E-state index contributed by atoms with van der Waals surface area (Å²) in [4.78, 5) is 28.5. The molecule has 0 aliphatic carbocycles. The van der Waals surface area contributed by atoms with E-state index in [0.717, 1.165) is 16.8 Å². The molecule has 0 bridgehead atoms. The average molecular weight is 458 g/mol. The van der Waals surface area contributed by atoms with E-state index in [2.05, 4.69) is 20.5 Å². The van der Waals surface area contributed by atoms with Gasteiger partial charge in [0.15, 0.2) is 16.8 Å². The van der Waals surface area contributed by atoms with Crippen molar-refractivity contribution in [2.24, 2.45) is 0 Å². The van der Waals surface area contributed by atoms with Gasteiger partial charge in [-0.15, -0.1) is 10.2 Å². The Labute approximate surface area is 196 Å². The molecule has 0 aliphatic rings. The molecule has 4 aromatic rings. The van der Waals surface area contributed by atoms with Crippen LogP contribution in [0.5, 0.6) is 0 Å². The zero-order valence-corrected chi connectivity index (χ0v) is 19.3. The molecule has 0 fully saturated rings. The first kappa shape index (κ1) is 22.4. The number of nitrogens with zero attached hydrogens (tertiary/aromatic N) is 4. The monoisotopic (exact) mass is 457 g/mol. The lowest BCUT2D eigenvalue weighted by Crippen LogP contribution is -2.23. The van der Waals surface area contributed by atoms with Gasteiger partial charge in [-0.1, -0.05) is 29.5 Å². The van der Waals surface area contributed by atoms with Crippen molar-refractivity contribution in [3.8, 4) is 17.1 Å². The summed E-state index contributed by atoms with van der Waals surface area (Å²) in [5.74, 6) is 0.468. The van der Waals surface area contributed by atoms with Gasteiger partial charge in [-0.2, -0.15) is 0 Å². The smallest absolute Gasteiger partial charge is 0.237 e. The Hall–Kier alpha value is -3.78. The van der Waals surface area contributed by atoms with Gasteiger partial charge in [0.25, 0.3) is 0 Å². The van der Waals surface area contributed by atoms with E-state index in [4.69, 9.17) is 0 Å². The normalized spacial score (nSPS) is 11.7. The van der Waals surface area contributed by atoms with Crippen LogP contribution in [0.15, 0.2) is 78.2 Å². The summed E-state index contributed by atoms with van der Waals surface area (Å²) >= 11 is 1.32. The number of amides is 1. The molecule has 1 atom stereocenters. The van der Waals surface area contributed by atoms with Gasteiger partial charge in [-0.3, -0.25) is 19.1 Å². The Balaban J connectivity index is 1.59. The minimum absolute atomic E-state index is 0.0170. The van der Waals surface area contributed by atoms with Gasteiger partial charge in [0, 0.05) is 34.9 Å². The third kappa shape index (κ3) is 5.18. The summed E-state index contributed by atoms with van der Waals surface area (Å²) in [6.07, 6.45) is 3.45. The van der Waals surface area contributed by atoms with Crippen molar-refractivity contribution in [1.29, 1.82) is 0 Å². The topological polar surface area (TPSA) is 89.8 Å². The molecule has 2 aromatic carbocycles. The summed E-state index contributed by atoms with van der Waals surface area (Å²) in [6, 6.07) is 18.7. The SMILES string of the molecule is CC(=O)c1ccc(NC(=O)[C@H](C)Sc2nnc(-c3cccnc3)n2-c2ccc(C)cc2)cc1. The molecule has 0 saturated heterocycles. The first-order chi connectivity index (χ1) is 15.9. The van der Waals surface area contributed by atoms with Crippen molar-refractivity contribution >= 4 is 29.1 Å². The van der Waals surface area contributed by atoms with Crippen molar-refractivity contribution < 1.29 is 9.59 Å². The molecule has 1 N–H and O–H groups in total. The third-order valence-corrected chi connectivity index (χ3v) is 6.10. The van der Waals surface area contributed by atoms with Gasteiger partial charge in [0.05, 0.1) is 5.25 Å². The van der Waals surface area contributed by atoms with E-state index in [1.54, 1.807) is 36.7 Å². The quantitative estimate of drug-likeness (QED) is 0.312. The number of aryl methyl sites for hydroxylation is 1. The van der Waals surface area contributed by atoms with E-state index < -0.39 is 5.25 Å². The Bertz CT molecular complexity index is 1270. The number of carbonyl (C=O) groups is 2. The molecular formula is C25H23N5O2S. The van der Waals surface area contributed by atoms with E-state index in [0.29, 0.717) is 22.2 Å². The standard InChI is InChI=1S/C25H23N5O2S/c1-16-6-12-22(13-7-16)30-23(20-5-4-14-26-15-20)28-29-25(30)33-18(3)24(32)27-21-10-8-19(9-11-21)17(2)31/h4-15,18H,1-3H3,(H,27,32)/t18-/m0/s1. The number of thioether (sulfide) groups is 1. The second kappa shape index (κ2) is 9.79. The van der Waals surface area contributed by atoms with Crippen LogP contribution in [0.2, 0.25) is 0 Å². The number of pyridine rings is 1. The number of hydrogen-bond donors (Lipinski definition) is 1. The van der Waals surface area contributed by atoms with Gasteiger partial charge in [-0.25, -0.2) is 0 Å². The lowest BCUT2D eigenvalue weighted by Gasteiger charge is -2.14. The highest BCUT2D eigenvalue weighted by atomic mass is 32.2. The number of carbonyl (C=O) groups excluding carboxylic acids is 2. The highest BCUT2D eigenvalue weighted by Gasteiger charge is 2.22. The predicted octanol–water partition coefficient (Wildman–Crippen LogP) is 4.96. The Morgan fingerprint density at radius 2 is 1.73 bits per heavy atom. The second-order valence-electron chi connectivity index (χ2n) is 7.60. The van der Waals surface area contributed by atoms with Gasteiger partial charge in [0.1, 0.15) is 0 Å². The maximum atomic E-state index is 12.8. The lowest BCUT2D eigenvalue weighted by atomic mass is 10.1. The van der Waals surface area contributed by atoms with Crippen LogP contribution in [0.3, 0.4) is 0 Å². The fraction of sp³-hybridized carbons (Fsp3) is 0.160. The van der Waals surface area contributed by atoms with Crippen molar-refractivity contribution in [3.05, 3.63) is 84.2 Å². The van der Waals surface area contributed by atoms with Crippen molar-refractivity contribution in [2.75, 3.05) is 5.32 Å². The summed E-state index contributed by atoms with van der Waals surface area (Å²) in [5.41, 5.74) is 4.12. The number of aromatic nitrogens is 4. The third-order valence-electron chi connectivity index (χ3n) is 5.06. The number of ketones is 1. The largest absolute Gasteiger partial charge is 0.325 e. The lowest BCUT2D eigenvalue weighted by molar-refractivity contribution is -0.115. The van der Waals surface area contributed by atoms with Crippen LogP contribution in [-0.4, -0.2) is 36.7 Å². The predicted molar refractivity (Wildman–Crippen MR) is 130 cm³/mol. The van der Waals surface area contributed by atoms with Crippen LogP contribution in [-0.2, 0) is 4.79 Å². The fourth-order valence-corrected chi connectivity index (χ4v) is 4.07. The maximum Gasteiger partial charge on any atom is 0.237 e. The van der Waals surface area contributed by atoms with Gasteiger partial charge < -0.3 is 5.32 Å². The molecule has 2 heterocycles. The minimum atomic E-state index is -0.437. The molecule has 4 rings (SSSR count). The van der Waals surface area contributed by atoms with Crippen LogP contribution in [0.25, 0.3) is 17.1 Å². The number of Topliss-reactive ketones (excluding diaryl/α,β-unsaturated/α-hetero) is 1. The Kier molecular flexibility index (Phi) is 6.65. The first-order valence-electron chi connectivity index (χ1n) is 10.4. The first-order valence-corrected chi connectivity index (χ1v) is 11.3. The summed E-state index contributed by atoms with van der Waals surface area (Å²) in [7, 11) is 0. The maximum absolute atomic E-state index is 12.8. The molecule has 2 aromatic heterocycles. The van der Waals surface area contributed by atoms with E-state index in [1.807, 2.05) is 54.8 Å². The summed E-state index contributed by atoms with van der Waals surface area (Å²) < 4.78 is 1.94. The molecule has 1 amide bonds. The van der Waals surface area contributed by atoms with Crippen molar-refractivity contribution in [2.45, 2.75) is 31.2 Å². The molecule has 33 heavy (non-hydrogen) atoms. The molecule has 0 spiro atoms. The Morgan fingerprint density at radius 1 is 1.00 bits per heavy atom. The van der Waals surface area contributed by atoms with Crippen LogP contribution < -0.4 is 5.32 Å². The number of benzene rings is 2. The highest BCUT2D eigenvalue weighted by Crippen LogP contribution is 2.30. The minimum Gasteiger partial charge on any atom is -0.325 e. The van der Waals surface area contributed by atoms with Gasteiger partial charge in [-0.05, 0) is 69.3 Å². The van der Waals surface area contributed by atoms with Crippen LogP contribution in [0.1, 0.15) is 29.8 Å². The van der Waals surface area contributed by atoms with Gasteiger partial charge in [0.2, 0.25) is 5.91 Å². The van der Waals surface area contributed by atoms with E-state index in [9.17, 15) is 9.59 Å². The van der Waals surface area contributed by atoms with Gasteiger partial charge >= 0.3 is 0 Å². The molecule has 0 radical (unpaired) electrons.